The van der Waals surface area contributed by atoms with Crippen molar-refractivity contribution in [2.24, 2.45) is 0 Å². The second kappa shape index (κ2) is 5.10. The van der Waals surface area contributed by atoms with E-state index in [-0.39, 0.29) is 11.7 Å². The van der Waals surface area contributed by atoms with Gasteiger partial charge in [0.2, 0.25) is 5.91 Å². The van der Waals surface area contributed by atoms with Gasteiger partial charge in [0, 0.05) is 28.3 Å². The first-order valence-corrected chi connectivity index (χ1v) is 6.74. The van der Waals surface area contributed by atoms with Crippen LogP contribution < -0.4 is 5.32 Å². The number of amides is 1. The van der Waals surface area contributed by atoms with E-state index in [0.29, 0.717) is 29.0 Å². The highest BCUT2D eigenvalue weighted by atomic mass is 35.5. The van der Waals surface area contributed by atoms with Gasteiger partial charge in [-0.05, 0) is 42.3 Å². The predicted octanol–water partition coefficient (Wildman–Crippen LogP) is 3.46. The molecular formula is C16H12ClNO2. The Morgan fingerprint density at radius 3 is 2.65 bits per heavy atom. The van der Waals surface area contributed by atoms with E-state index >= 15 is 0 Å². The van der Waals surface area contributed by atoms with E-state index in [9.17, 15) is 9.59 Å². The fourth-order valence-electron chi connectivity index (χ4n) is 2.32. The monoisotopic (exact) mass is 285 g/mol. The van der Waals surface area contributed by atoms with Crippen molar-refractivity contribution in [3.8, 4) is 0 Å². The van der Waals surface area contributed by atoms with E-state index < -0.39 is 0 Å². The zero-order valence-corrected chi connectivity index (χ0v) is 11.4. The van der Waals surface area contributed by atoms with Crippen LogP contribution in [0.15, 0.2) is 42.5 Å². The molecule has 3 rings (SSSR count). The Labute approximate surface area is 121 Å². The third-order valence-corrected chi connectivity index (χ3v) is 3.58. The average Bonchev–Trinajstić information content (AvgIpc) is 2.46. The number of carbonyl (C=O) groups excluding carboxylic acids is 2. The summed E-state index contributed by atoms with van der Waals surface area (Å²) in [5.74, 6) is -0.0429. The molecule has 0 saturated heterocycles. The van der Waals surface area contributed by atoms with Crippen LogP contribution in [-0.2, 0) is 11.2 Å². The van der Waals surface area contributed by atoms with Crippen LogP contribution in [0.2, 0.25) is 5.02 Å². The number of nitrogens with one attached hydrogen (secondary N) is 1. The number of benzene rings is 2. The van der Waals surface area contributed by atoms with Crippen LogP contribution in [0, 0.1) is 0 Å². The van der Waals surface area contributed by atoms with Crippen LogP contribution in [0.25, 0.3) is 0 Å². The molecule has 0 spiro atoms. The summed E-state index contributed by atoms with van der Waals surface area (Å²) in [7, 11) is 0. The lowest BCUT2D eigenvalue weighted by atomic mass is 9.96. The summed E-state index contributed by atoms with van der Waals surface area (Å²) < 4.78 is 0. The maximum absolute atomic E-state index is 12.4. The summed E-state index contributed by atoms with van der Waals surface area (Å²) in [6.07, 6.45) is 1.12. The minimum absolute atomic E-state index is 0.0198. The summed E-state index contributed by atoms with van der Waals surface area (Å²) in [4.78, 5) is 23.7. The third-order valence-electron chi connectivity index (χ3n) is 3.35. The first-order valence-electron chi connectivity index (χ1n) is 6.36. The molecule has 0 atom stereocenters. The largest absolute Gasteiger partial charge is 0.326 e. The van der Waals surface area contributed by atoms with Gasteiger partial charge in [-0.2, -0.15) is 0 Å². The SMILES string of the molecule is O=C1CCc2cc(C(=O)c3cccc(Cl)c3)ccc2N1. The van der Waals surface area contributed by atoms with Gasteiger partial charge < -0.3 is 5.32 Å². The van der Waals surface area contributed by atoms with Crippen LogP contribution in [0.5, 0.6) is 0 Å². The molecule has 0 fully saturated rings. The Morgan fingerprint density at radius 2 is 1.85 bits per heavy atom. The second-order valence-electron chi connectivity index (χ2n) is 4.76. The average molecular weight is 286 g/mol. The topological polar surface area (TPSA) is 46.2 Å². The molecule has 0 unspecified atom stereocenters. The lowest BCUT2D eigenvalue weighted by Crippen LogP contribution is -2.19. The lowest BCUT2D eigenvalue weighted by molar-refractivity contribution is -0.116. The van der Waals surface area contributed by atoms with Crippen LogP contribution in [0.3, 0.4) is 0 Å². The van der Waals surface area contributed by atoms with Gasteiger partial charge in [0.05, 0.1) is 0 Å². The molecular weight excluding hydrogens is 274 g/mol. The van der Waals surface area contributed by atoms with E-state index in [0.717, 1.165) is 11.3 Å². The molecule has 1 aliphatic rings. The molecule has 1 heterocycles. The highest BCUT2D eigenvalue weighted by molar-refractivity contribution is 6.31. The number of fused-ring (bicyclic) bond motifs is 1. The fraction of sp³-hybridized carbons (Fsp3) is 0.125. The number of ketones is 1. The molecule has 4 heteroatoms. The Kier molecular flexibility index (Phi) is 3.28. The van der Waals surface area contributed by atoms with Gasteiger partial charge in [-0.25, -0.2) is 0 Å². The maximum Gasteiger partial charge on any atom is 0.224 e. The van der Waals surface area contributed by atoms with E-state index in [4.69, 9.17) is 11.6 Å². The molecule has 1 amide bonds. The van der Waals surface area contributed by atoms with Crippen molar-refractivity contribution in [1.29, 1.82) is 0 Å². The second-order valence-corrected chi connectivity index (χ2v) is 5.20. The number of carbonyl (C=O) groups is 2. The number of aryl methyl sites for hydroxylation is 1. The highest BCUT2D eigenvalue weighted by Gasteiger charge is 2.17. The number of hydrogen-bond acceptors (Lipinski definition) is 2. The smallest absolute Gasteiger partial charge is 0.224 e. The van der Waals surface area contributed by atoms with Crippen molar-refractivity contribution in [3.05, 3.63) is 64.2 Å². The Hall–Kier alpha value is -2.13. The van der Waals surface area contributed by atoms with Crippen molar-refractivity contribution < 1.29 is 9.59 Å². The summed E-state index contributed by atoms with van der Waals surface area (Å²) >= 11 is 5.91. The van der Waals surface area contributed by atoms with Crippen molar-refractivity contribution in [2.75, 3.05) is 5.32 Å². The first-order chi connectivity index (χ1) is 9.63. The molecule has 2 aromatic carbocycles. The molecule has 1 aliphatic heterocycles. The van der Waals surface area contributed by atoms with Crippen LogP contribution in [0.1, 0.15) is 27.9 Å². The molecule has 0 aliphatic carbocycles. The van der Waals surface area contributed by atoms with Gasteiger partial charge in [-0.15, -0.1) is 0 Å². The zero-order valence-electron chi connectivity index (χ0n) is 10.7. The van der Waals surface area contributed by atoms with Crippen molar-refractivity contribution in [3.63, 3.8) is 0 Å². The first kappa shape index (κ1) is 12.9. The van der Waals surface area contributed by atoms with Gasteiger partial charge in [0.15, 0.2) is 5.78 Å². The predicted molar refractivity (Wildman–Crippen MR) is 78.3 cm³/mol. The number of halogens is 1. The quantitative estimate of drug-likeness (QED) is 0.859. The van der Waals surface area contributed by atoms with Crippen LogP contribution >= 0.6 is 11.6 Å². The lowest BCUT2D eigenvalue weighted by Gasteiger charge is -2.17. The van der Waals surface area contributed by atoms with Gasteiger partial charge >= 0.3 is 0 Å². The molecule has 20 heavy (non-hydrogen) atoms. The molecule has 0 radical (unpaired) electrons. The summed E-state index contributed by atoms with van der Waals surface area (Å²) in [6, 6.07) is 12.3. The van der Waals surface area contributed by atoms with Gasteiger partial charge in [-0.1, -0.05) is 23.7 Å². The molecule has 0 bridgehead atoms. The fourth-order valence-corrected chi connectivity index (χ4v) is 2.51. The molecule has 100 valence electrons. The van der Waals surface area contributed by atoms with Gasteiger partial charge in [-0.3, -0.25) is 9.59 Å². The van der Waals surface area contributed by atoms with Gasteiger partial charge in [0.25, 0.3) is 0 Å². The molecule has 0 aromatic heterocycles. The minimum atomic E-state index is -0.0628. The zero-order chi connectivity index (χ0) is 14.1. The number of anilines is 1. The molecule has 0 saturated carbocycles. The maximum atomic E-state index is 12.4. The normalized spacial score (nSPS) is 13.6. The molecule has 3 nitrogen and oxygen atoms in total. The van der Waals surface area contributed by atoms with Crippen molar-refractivity contribution >= 4 is 29.0 Å². The van der Waals surface area contributed by atoms with Crippen molar-refractivity contribution in [1.82, 2.24) is 0 Å². The number of rotatable bonds is 2. The van der Waals surface area contributed by atoms with Crippen LogP contribution in [0.4, 0.5) is 5.69 Å². The molecule has 1 N–H and O–H groups in total. The Morgan fingerprint density at radius 1 is 1.05 bits per heavy atom. The molecule has 2 aromatic rings. The standard InChI is InChI=1S/C16H12ClNO2/c17-13-3-1-2-11(9-13)16(20)12-4-6-14-10(8-12)5-7-15(19)18-14/h1-4,6,8-9H,5,7H2,(H,18,19). The van der Waals surface area contributed by atoms with Gasteiger partial charge in [0.1, 0.15) is 0 Å². The summed E-state index contributed by atoms with van der Waals surface area (Å²) in [5.41, 5.74) is 2.97. The highest BCUT2D eigenvalue weighted by Crippen LogP contribution is 2.25. The van der Waals surface area contributed by atoms with E-state index in [1.165, 1.54) is 0 Å². The number of hydrogen-bond donors (Lipinski definition) is 1. The third kappa shape index (κ3) is 2.45. The van der Waals surface area contributed by atoms with E-state index in [2.05, 4.69) is 5.32 Å². The Bertz CT molecular complexity index is 709. The van der Waals surface area contributed by atoms with E-state index in [1.807, 2.05) is 6.07 Å². The van der Waals surface area contributed by atoms with Crippen molar-refractivity contribution in [2.45, 2.75) is 12.8 Å². The van der Waals surface area contributed by atoms with E-state index in [1.54, 1.807) is 36.4 Å². The Balaban J connectivity index is 1.95. The summed E-state index contributed by atoms with van der Waals surface area (Å²) in [5, 5.41) is 3.35. The van der Waals surface area contributed by atoms with Crippen LogP contribution in [-0.4, -0.2) is 11.7 Å². The minimum Gasteiger partial charge on any atom is -0.326 e. The summed E-state index contributed by atoms with van der Waals surface area (Å²) in [6.45, 7) is 0.